The van der Waals surface area contributed by atoms with E-state index in [9.17, 15) is 0 Å². The molecular weight excluding hydrogens is 700 g/mol. The molecule has 51 heavy (non-hydrogen) atoms. The van der Waals surface area contributed by atoms with Crippen LogP contribution < -0.4 is 0 Å². The Hall–Kier alpha value is -4.20. The Morgan fingerprint density at radius 1 is 0.490 bits per heavy atom. The number of aryl methyl sites for hydroxylation is 4. The second kappa shape index (κ2) is 14.8. The average Bonchev–Trinajstić information content (AvgIpc) is 3.98. The van der Waals surface area contributed by atoms with Crippen LogP contribution in [0.25, 0.3) is 45.6 Å². The van der Waals surface area contributed by atoms with Crippen molar-refractivity contribution in [3.05, 3.63) is 166 Å². The van der Waals surface area contributed by atoms with E-state index in [0.29, 0.717) is 7.25 Å². The molecule has 0 spiro atoms. The van der Waals surface area contributed by atoms with Crippen LogP contribution in [0.3, 0.4) is 0 Å². The Balaban J connectivity index is 1.26. The van der Waals surface area contributed by atoms with E-state index in [-0.39, 0.29) is 0 Å². The zero-order valence-corrected chi connectivity index (χ0v) is 32.7. The van der Waals surface area contributed by atoms with Crippen molar-refractivity contribution in [2.75, 3.05) is 0 Å². The van der Waals surface area contributed by atoms with E-state index in [4.69, 9.17) is 8.83 Å². The van der Waals surface area contributed by atoms with E-state index in [1.807, 2.05) is 0 Å². The summed E-state index contributed by atoms with van der Waals surface area (Å²) in [6.07, 6.45) is 11.1. The minimum absolute atomic E-state index is 0.330. The fourth-order valence-electron chi connectivity index (χ4n) is 7.93. The third kappa shape index (κ3) is 6.55. The third-order valence-corrected chi connectivity index (χ3v) is 15.4. The first-order valence-electron chi connectivity index (χ1n) is 18.9. The number of benzene rings is 4. The molecule has 0 bridgehead atoms. The molecule has 0 fully saturated rings. The van der Waals surface area contributed by atoms with Gasteiger partial charge in [0.15, 0.2) is 0 Å². The molecular formula is C48H46O2Zr. The molecule has 0 amide bonds. The van der Waals surface area contributed by atoms with Gasteiger partial charge in [0.25, 0.3) is 0 Å². The normalized spacial score (nSPS) is 16.2. The predicted molar refractivity (Wildman–Crippen MR) is 209 cm³/mol. The summed E-state index contributed by atoms with van der Waals surface area (Å²) in [7, 11) is 0. The van der Waals surface area contributed by atoms with Crippen molar-refractivity contribution in [1.82, 2.24) is 0 Å². The van der Waals surface area contributed by atoms with Crippen LogP contribution in [0.4, 0.5) is 0 Å². The second-order valence-electron chi connectivity index (χ2n) is 14.0. The zero-order valence-electron chi connectivity index (χ0n) is 30.3. The number of allylic oxidation sites excluding steroid dienone is 2. The molecule has 0 radical (unpaired) electrons. The summed E-state index contributed by atoms with van der Waals surface area (Å²) in [6, 6.07) is 41.1. The van der Waals surface area contributed by atoms with Crippen LogP contribution >= 0.6 is 0 Å². The van der Waals surface area contributed by atoms with Crippen molar-refractivity contribution in [3.63, 3.8) is 0 Å². The zero-order chi connectivity index (χ0) is 34.9. The molecule has 3 heteroatoms. The number of fused-ring (bicyclic) bond motifs is 2. The molecule has 2 heterocycles. The molecule has 2 aliphatic rings. The summed E-state index contributed by atoms with van der Waals surface area (Å²) in [5.41, 5.74) is 16.2. The third-order valence-electron chi connectivity index (χ3n) is 10.7. The van der Waals surface area contributed by atoms with Gasteiger partial charge >= 0.3 is 317 Å². The second-order valence-corrected chi connectivity index (χ2v) is 17.6. The van der Waals surface area contributed by atoms with Crippen LogP contribution in [0.15, 0.2) is 118 Å². The van der Waals surface area contributed by atoms with E-state index in [2.05, 4.69) is 149 Å². The van der Waals surface area contributed by atoms with Crippen LogP contribution in [-0.4, -0.2) is 0 Å². The standard InChI is InChI=1S/2C24H23O.Zr/c2*1-3-6-21-13-14-24(25-21)20-15-19-7-5-8-22(23(19)16-20)18-11-9-17(4-2)10-12-18;/h2*5,7-16H,3-4,6H2,1-2H3;. The molecule has 0 N–H and O–H groups in total. The fourth-order valence-corrected chi connectivity index (χ4v) is 12.9. The van der Waals surface area contributed by atoms with Gasteiger partial charge < -0.3 is 0 Å². The van der Waals surface area contributed by atoms with Crippen LogP contribution in [-0.2, 0) is 48.9 Å². The predicted octanol–water partition coefficient (Wildman–Crippen LogP) is 13.2. The van der Waals surface area contributed by atoms with Crippen molar-refractivity contribution in [2.45, 2.75) is 73.5 Å². The van der Waals surface area contributed by atoms with Gasteiger partial charge in [0, 0.05) is 0 Å². The van der Waals surface area contributed by atoms with Gasteiger partial charge in [-0.3, -0.25) is 0 Å². The van der Waals surface area contributed by atoms with Gasteiger partial charge in [-0.05, 0) is 0 Å². The van der Waals surface area contributed by atoms with Crippen molar-refractivity contribution in [3.8, 4) is 22.3 Å². The number of furan rings is 2. The van der Waals surface area contributed by atoms with Gasteiger partial charge in [0.05, 0.1) is 0 Å². The topological polar surface area (TPSA) is 26.3 Å². The van der Waals surface area contributed by atoms with Crippen LogP contribution in [0.2, 0.25) is 0 Å². The van der Waals surface area contributed by atoms with E-state index >= 15 is 0 Å². The van der Waals surface area contributed by atoms with E-state index in [1.165, 1.54) is 66.8 Å². The van der Waals surface area contributed by atoms with E-state index < -0.39 is 23.2 Å². The van der Waals surface area contributed by atoms with Crippen LogP contribution in [0.1, 0.15) is 104 Å². The molecule has 2 aromatic heterocycles. The quantitative estimate of drug-likeness (QED) is 0.125. The van der Waals surface area contributed by atoms with Crippen molar-refractivity contribution >= 4 is 23.3 Å². The average molecular weight is 746 g/mol. The van der Waals surface area contributed by atoms with Crippen LogP contribution in [0, 0.1) is 0 Å². The minimum atomic E-state index is -1.32. The van der Waals surface area contributed by atoms with Gasteiger partial charge in [0.2, 0.25) is 0 Å². The molecule has 0 saturated carbocycles. The number of hydrogen-bond donors (Lipinski definition) is 0. The molecule has 8 rings (SSSR count). The molecule has 6 aromatic rings. The molecule has 4 aromatic carbocycles. The Kier molecular flexibility index (Phi) is 9.85. The van der Waals surface area contributed by atoms with Gasteiger partial charge in [-0.1, -0.05) is 0 Å². The SMILES string of the molecule is CCCc1ccc(C2=Cc3c(-c4ccc(CC)cc4)cccc3[CH]2[Zr][CH]2C(c3ccc(CCC)o3)=Cc3c(-c4ccc(CC)cc4)cccc32)o1. The molecule has 2 atom stereocenters. The molecule has 2 nitrogen and oxygen atoms in total. The Bertz CT molecular complexity index is 2060. The summed E-state index contributed by atoms with van der Waals surface area (Å²) in [5, 5.41) is 0. The Labute approximate surface area is 314 Å². The Morgan fingerprint density at radius 2 is 0.922 bits per heavy atom. The maximum absolute atomic E-state index is 6.64. The monoisotopic (exact) mass is 744 g/mol. The van der Waals surface area contributed by atoms with Gasteiger partial charge in [-0.2, -0.15) is 0 Å². The van der Waals surface area contributed by atoms with Gasteiger partial charge in [-0.25, -0.2) is 0 Å². The summed E-state index contributed by atoms with van der Waals surface area (Å²) in [6.45, 7) is 8.88. The fraction of sp³-hybridized carbons (Fsp3) is 0.250. The maximum atomic E-state index is 6.64. The molecule has 0 saturated heterocycles. The molecule has 2 unspecified atom stereocenters. The molecule has 0 aliphatic heterocycles. The summed E-state index contributed by atoms with van der Waals surface area (Å²) < 4.78 is 13.9. The van der Waals surface area contributed by atoms with Crippen molar-refractivity contribution < 1.29 is 32.1 Å². The van der Waals surface area contributed by atoms with Crippen LogP contribution in [0.5, 0.6) is 0 Å². The number of hydrogen-bond acceptors (Lipinski definition) is 2. The number of rotatable bonds is 12. The molecule has 254 valence electrons. The Morgan fingerprint density at radius 3 is 1.31 bits per heavy atom. The van der Waals surface area contributed by atoms with E-state index in [1.54, 1.807) is 0 Å². The van der Waals surface area contributed by atoms with Gasteiger partial charge in [0.1, 0.15) is 0 Å². The molecule has 2 aliphatic carbocycles. The van der Waals surface area contributed by atoms with Crippen molar-refractivity contribution in [2.24, 2.45) is 0 Å². The first-order valence-corrected chi connectivity index (χ1v) is 21.7. The summed E-state index contributed by atoms with van der Waals surface area (Å²) in [4.78, 5) is 0. The first-order chi connectivity index (χ1) is 25.1. The first kappa shape index (κ1) is 33.9. The summed E-state index contributed by atoms with van der Waals surface area (Å²) >= 11 is -1.32. The van der Waals surface area contributed by atoms with Crippen molar-refractivity contribution in [1.29, 1.82) is 0 Å². The summed E-state index contributed by atoms with van der Waals surface area (Å²) in [5.74, 6) is 4.22. The van der Waals surface area contributed by atoms with Gasteiger partial charge in [-0.15, -0.1) is 0 Å². The van der Waals surface area contributed by atoms with E-state index in [0.717, 1.165) is 61.6 Å².